The Kier molecular flexibility index (Phi) is 37.7. The van der Waals surface area contributed by atoms with Crippen LogP contribution in [-0.2, 0) is 33.2 Å². The molecule has 3 aliphatic rings. The lowest BCUT2D eigenvalue weighted by Gasteiger charge is -2.48. The van der Waals surface area contributed by atoms with Gasteiger partial charge in [0, 0.05) is 6.42 Å². The Morgan fingerprint density at radius 1 is 0.468 bits per heavy atom. The minimum atomic E-state index is -1.98. The van der Waals surface area contributed by atoms with E-state index >= 15 is 0 Å². The van der Waals surface area contributed by atoms with Crippen LogP contribution in [-0.4, -0.2) is 193 Å². The Morgan fingerprint density at radius 3 is 1.32 bits per heavy atom. The largest absolute Gasteiger partial charge is 0.394 e. The molecule has 0 aromatic carbocycles. The molecule has 3 fully saturated rings. The van der Waals surface area contributed by atoms with Crippen molar-refractivity contribution in [2.75, 3.05) is 26.4 Å². The van der Waals surface area contributed by atoms with Crippen molar-refractivity contribution in [3.63, 3.8) is 0 Å². The normalized spacial score (nSPS) is 30.9. The monoisotopic (exact) mass is 1100 g/mol. The lowest BCUT2D eigenvalue weighted by molar-refractivity contribution is -0.379. The van der Waals surface area contributed by atoms with E-state index in [0.29, 0.717) is 6.42 Å². The molecule has 0 bridgehead atoms. The number of unbranched alkanes of at least 4 members (excludes halogenated alkanes) is 23. The van der Waals surface area contributed by atoms with Gasteiger partial charge in [-0.05, 0) is 51.4 Å². The molecule has 17 atom stereocenters. The first-order valence-electron chi connectivity index (χ1n) is 29.7. The van der Waals surface area contributed by atoms with E-state index in [9.17, 15) is 61.0 Å². The second-order valence-electron chi connectivity index (χ2n) is 21.5. The van der Waals surface area contributed by atoms with Crippen LogP contribution < -0.4 is 5.32 Å². The van der Waals surface area contributed by atoms with Crippen molar-refractivity contribution in [2.24, 2.45) is 0 Å². The number of hydrogen-bond donors (Lipinski definition) is 12. The second kappa shape index (κ2) is 41.9. The van der Waals surface area contributed by atoms with Gasteiger partial charge in [-0.2, -0.15) is 0 Å². The highest BCUT2D eigenvalue weighted by atomic mass is 16.8. The second-order valence-corrected chi connectivity index (χ2v) is 21.5. The third-order valence-corrected chi connectivity index (χ3v) is 14.9. The molecule has 450 valence electrons. The molecule has 3 saturated heterocycles. The van der Waals surface area contributed by atoms with Gasteiger partial charge in [0.05, 0.1) is 38.6 Å². The van der Waals surface area contributed by atoms with Gasteiger partial charge >= 0.3 is 0 Å². The van der Waals surface area contributed by atoms with Crippen LogP contribution in [0.4, 0.5) is 0 Å². The Labute approximate surface area is 460 Å². The molecular formula is C58H105NO18. The predicted octanol–water partition coefficient (Wildman–Crippen LogP) is 4.93. The average Bonchev–Trinajstić information content (AvgIpc) is 3.43. The van der Waals surface area contributed by atoms with E-state index in [-0.39, 0.29) is 18.9 Å². The van der Waals surface area contributed by atoms with Crippen LogP contribution in [0, 0.1) is 0 Å². The molecule has 0 aromatic heterocycles. The topological polar surface area (TPSA) is 307 Å². The molecule has 0 saturated carbocycles. The van der Waals surface area contributed by atoms with Crippen molar-refractivity contribution >= 4 is 5.91 Å². The summed E-state index contributed by atoms with van der Waals surface area (Å²) in [5.74, 6) is -0.282. The molecule has 77 heavy (non-hydrogen) atoms. The first-order valence-corrected chi connectivity index (χ1v) is 29.7. The minimum absolute atomic E-state index is 0.242. The summed E-state index contributed by atoms with van der Waals surface area (Å²) in [7, 11) is 0. The maximum Gasteiger partial charge on any atom is 0.220 e. The number of carbonyl (C=O) groups excluding carboxylic acids is 1. The van der Waals surface area contributed by atoms with Crippen molar-refractivity contribution in [3.05, 3.63) is 36.5 Å². The number of hydrogen-bond acceptors (Lipinski definition) is 18. The lowest BCUT2D eigenvalue weighted by Crippen LogP contribution is -2.66. The van der Waals surface area contributed by atoms with Crippen LogP contribution >= 0.6 is 0 Å². The number of rotatable bonds is 43. The van der Waals surface area contributed by atoms with Crippen LogP contribution in [0.3, 0.4) is 0 Å². The van der Waals surface area contributed by atoms with Crippen molar-refractivity contribution in [3.8, 4) is 0 Å². The lowest BCUT2D eigenvalue weighted by atomic mass is 9.96. The summed E-state index contributed by atoms with van der Waals surface area (Å²) in [5, 5.41) is 120. The fourth-order valence-corrected chi connectivity index (χ4v) is 9.98. The van der Waals surface area contributed by atoms with Crippen LogP contribution in [0.2, 0.25) is 0 Å². The first-order chi connectivity index (χ1) is 37.3. The molecule has 1 amide bonds. The van der Waals surface area contributed by atoms with E-state index in [4.69, 9.17) is 28.4 Å². The molecule has 0 spiro atoms. The van der Waals surface area contributed by atoms with Gasteiger partial charge in [0.1, 0.15) is 73.2 Å². The number of amides is 1. The molecule has 3 rings (SSSR count). The highest BCUT2D eigenvalue weighted by Gasteiger charge is 2.53. The number of aliphatic hydroxyl groups is 11. The number of aliphatic hydroxyl groups excluding tert-OH is 11. The van der Waals surface area contributed by atoms with Gasteiger partial charge in [-0.25, -0.2) is 0 Å². The highest BCUT2D eigenvalue weighted by molar-refractivity contribution is 5.76. The number of allylic oxidation sites excluding steroid dienone is 5. The molecule has 19 nitrogen and oxygen atoms in total. The molecule has 0 aliphatic carbocycles. The summed E-state index contributed by atoms with van der Waals surface area (Å²) in [4.78, 5) is 13.2. The van der Waals surface area contributed by atoms with Crippen LogP contribution in [0.25, 0.3) is 0 Å². The van der Waals surface area contributed by atoms with Gasteiger partial charge in [-0.3, -0.25) is 4.79 Å². The maximum atomic E-state index is 13.2. The molecule has 17 unspecified atom stereocenters. The summed E-state index contributed by atoms with van der Waals surface area (Å²) in [6.07, 6.45) is 17.5. The minimum Gasteiger partial charge on any atom is -0.394 e. The third kappa shape index (κ3) is 26.2. The summed E-state index contributed by atoms with van der Waals surface area (Å²) in [6, 6.07) is -0.969. The number of carbonyl (C=O) groups is 1. The fourth-order valence-electron chi connectivity index (χ4n) is 9.98. The predicted molar refractivity (Wildman–Crippen MR) is 291 cm³/mol. The van der Waals surface area contributed by atoms with E-state index in [1.165, 1.54) is 103 Å². The van der Waals surface area contributed by atoms with Gasteiger partial charge in [-0.1, -0.05) is 172 Å². The van der Waals surface area contributed by atoms with Gasteiger partial charge in [0.25, 0.3) is 0 Å². The maximum absolute atomic E-state index is 13.2. The Hall–Kier alpha value is -1.99. The highest BCUT2D eigenvalue weighted by Crippen LogP contribution is 2.33. The molecule has 0 radical (unpaired) electrons. The van der Waals surface area contributed by atoms with E-state index in [2.05, 4.69) is 43.5 Å². The van der Waals surface area contributed by atoms with Gasteiger partial charge in [0.15, 0.2) is 18.9 Å². The van der Waals surface area contributed by atoms with E-state index in [1.807, 2.05) is 6.08 Å². The van der Waals surface area contributed by atoms with Crippen LogP contribution in [0.1, 0.15) is 194 Å². The average molecular weight is 1100 g/mol. The number of nitrogens with one attached hydrogen (secondary N) is 1. The van der Waals surface area contributed by atoms with Crippen LogP contribution in [0.15, 0.2) is 36.5 Å². The van der Waals surface area contributed by atoms with Gasteiger partial charge in [0.2, 0.25) is 5.91 Å². The molecule has 12 N–H and O–H groups in total. The van der Waals surface area contributed by atoms with Crippen molar-refractivity contribution in [2.45, 2.75) is 298 Å². The molecule has 3 aliphatic heterocycles. The van der Waals surface area contributed by atoms with Crippen molar-refractivity contribution in [1.82, 2.24) is 5.32 Å². The summed E-state index contributed by atoms with van der Waals surface area (Å²) < 4.78 is 34.1. The SMILES string of the molecule is CCCCCCC/C=C\C/C=C\CCCCCCCCCCCCCCCC(=O)NC(COC1OC(CO)C(OC2OC(CO)C(OC3OC(CO)C(O)C(O)C3O)C(O)C2O)C(O)C1O)C(O)/C=C/CCCCCCC. The standard InChI is InChI=1S/C58H105NO18/c1-3-5-7-9-11-12-13-14-15-16-17-18-19-20-21-22-23-24-25-26-27-28-30-32-34-36-46(64)59-41(42(63)35-33-31-29-10-8-6-4-2)40-72-56-52(70)49(67)54(44(38-61)74-56)77-58-53(71)50(68)55(45(39-62)75-58)76-57-51(69)48(66)47(65)43(37-60)73-57/h13-14,16-17,33,35,41-45,47-58,60-63,65-71H,3-12,15,18-32,34,36-40H2,1-2H3,(H,59,64)/b14-13-,17-16-,35-33+. The molecule has 19 heteroatoms. The summed E-state index contributed by atoms with van der Waals surface area (Å²) in [6.45, 7) is 1.63. The van der Waals surface area contributed by atoms with Crippen molar-refractivity contribution < 1.29 is 89.4 Å². The van der Waals surface area contributed by atoms with Crippen molar-refractivity contribution in [1.29, 1.82) is 0 Å². The molecular weight excluding hydrogens is 999 g/mol. The summed E-state index contributed by atoms with van der Waals surface area (Å²) in [5.41, 5.74) is 0. The Morgan fingerprint density at radius 2 is 0.857 bits per heavy atom. The van der Waals surface area contributed by atoms with Crippen LogP contribution in [0.5, 0.6) is 0 Å². The third-order valence-electron chi connectivity index (χ3n) is 14.9. The van der Waals surface area contributed by atoms with E-state index < -0.39 is 124 Å². The molecule has 3 heterocycles. The summed E-state index contributed by atoms with van der Waals surface area (Å²) >= 11 is 0. The number of ether oxygens (including phenoxy) is 6. The van der Waals surface area contributed by atoms with E-state index in [0.717, 1.165) is 64.2 Å². The quantitative estimate of drug-likeness (QED) is 0.0285. The zero-order chi connectivity index (χ0) is 56.2. The smallest absolute Gasteiger partial charge is 0.220 e. The fraction of sp³-hybridized carbons (Fsp3) is 0.879. The Balaban J connectivity index is 1.40. The zero-order valence-corrected chi connectivity index (χ0v) is 46.7. The zero-order valence-electron chi connectivity index (χ0n) is 46.7. The van der Waals surface area contributed by atoms with Gasteiger partial charge < -0.3 is 89.9 Å². The Bertz CT molecular complexity index is 1550. The van der Waals surface area contributed by atoms with Gasteiger partial charge in [-0.15, -0.1) is 0 Å². The molecule has 0 aromatic rings. The van der Waals surface area contributed by atoms with E-state index in [1.54, 1.807) is 6.08 Å². The first kappa shape index (κ1) is 69.3.